The van der Waals surface area contributed by atoms with Gasteiger partial charge < -0.3 is 9.67 Å². The van der Waals surface area contributed by atoms with Gasteiger partial charge in [-0.3, -0.25) is 0 Å². The lowest BCUT2D eigenvalue weighted by molar-refractivity contribution is 0.130. The van der Waals surface area contributed by atoms with E-state index in [0.29, 0.717) is 18.0 Å². The molecule has 1 unspecified atom stereocenters. The Bertz CT molecular complexity index is 1240. The topological polar surface area (TPSA) is 62.5 Å². The van der Waals surface area contributed by atoms with Crippen LogP contribution in [0.2, 0.25) is 0 Å². The first-order valence-corrected chi connectivity index (χ1v) is 10.7. The average molecular weight is 392 g/mol. The first kappa shape index (κ1) is 17.4. The van der Waals surface area contributed by atoms with Crippen LogP contribution < -0.4 is 0 Å². The van der Waals surface area contributed by atoms with Gasteiger partial charge in [0.2, 0.25) is 10.0 Å². The number of aromatic nitrogens is 1. The second-order valence-electron chi connectivity index (χ2n) is 7.20. The number of nitrogens with zero attached hydrogens (tertiary/aromatic N) is 2. The first-order valence-electron chi connectivity index (χ1n) is 9.28. The van der Waals surface area contributed by atoms with Crippen LogP contribution in [0.15, 0.2) is 77.7 Å². The zero-order chi connectivity index (χ0) is 19.3. The molecule has 5 rings (SSSR count). The zero-order valence-electron chi connectivity index (χ0n) is 15.2. The lowest BCUT2D eigenvalue weighted by Crippen LogP contribution is -2.35. The molecule has 0 radical (unpaired) electrons. The van der Waals surface area contributed by atoms with Crippen LogP contribution in [0.1, 0.15) is 5.56 Å². The summed E-state index contributed by atoms with van der Waals surface area (Å²) >= 11 is 0. The molecule has 1 N–H and O–H groups in total. The Hall–Kier alpha value is -2.67. The van der Waals surface area contributed by atoms with E-state index in [1.807, 2.05) is 48.5 Å². The number of sulfonamides is 1. The van der Waals surface area contributed by atoms with Crippen molar-refractivity contribution in [3.63, 3.8) is 0 Å². The fraction of sp³-hybridized carbons (Fsp3) is 0.182. The van der Waals surface area contributed by atoms with Gasteiger partial charge in [-0.15, -0.1) is 0 Å². The molecule has 1 aliphatic rings. The molecular formula is C22H20N2O3S. The van der Waals surface area contributed by atoms with E-state index in [1.54, 1.807) is 12.1 Å². The molecule has 1 aromatic heterocycles. The Labute approximate surface area is 163 Å². The van der Waals surface area contributed by atoms with Crippen molar-refractivity contribution in [2.24, 2.45) is 0 Å². The third-order valence-electron chi connectivity index (χ3n) is 5.42. The molecule has 142 valence electrons. The van der Waals surface area contributed by atoms with Crippen LogP contribution >= 0.6 is 0 Å². The maximum absolute atomic E-state index is 12.8. The van der Waals surface area contributed by atoms with Crippen LogP contribution in [0.3, 0.4) is 0 Å². The summed E-state index contributed by atoms with van der Waals surface area (Å²) in [7, 11) is -3.54. The maximum Gasteiger partial charge on any atom is 0.243 e. The smallest absolute Gasteiger partial charge is 0.243 e. The Balaban J connectivity index is 1.46. The highest BCUT2D eigenvalue weighted by molar-refractivity contribution is 7.89. The summed E-state index contributed by atoms with van der Waals surface area (Å²) in [6, 6.07) is 23.2. The van der Waals surface area contributed by atoms with E-state index in [9.17, 15) is 13.5 Å². The van der Waals surface area contributed by atoms with Gasteiger partial charge in [-0.1, -0.05) is 54.6 Å². The van der Waals surface area contributed by atoms with Gasteiger partial charge in [-0.05, 0) is 23.8 Å². The van der Waals surface area contributed by atoms with Gasteiger partial charge >= 0.3 is 0 Å². The molecule has 3 aromatic carbocycles. The minimum Gasteiger partial charge on any atom is -0.390 e. The normalized spacial score (nSPS) is 17.2. The summed E-state index contributed by atoms with van der Waals surface area (Å²) in [4.78, 5) is 0.346. The maximum atomic E-state index is 12.8. The molecule has 1 atom stereocenters. The fourth-order valence-corrected chi connectivity index (χ4v) is 5.84. The molecule has 0 spiro atoms. The number of para-hydroxylation sites is 2. The Kier molecular flexibility index (Phi) is 4.01. The highest BCUT2D eigenvalue weighted by Gasteiger charge is 2.35. The molecule has 0 saturated heterocycles. The van der Waals surface area contributed by atoms with E-state index in [0.717, 1.165) is 27.4 Å². The standard InChI is InChI=1S/C22H20N2O3S/c25-17(14-23-13-16-7-1-6-12-22(16)28(23,26)27)15-24-20-10-4-2-8-18(20)19-9-3-5-11-21(19)24/h1-12,17,25H,13-15H2. The van der Waals surface area contributed by atoms with Crippen molar-refractivity contribution in [2.75, 3.05) is 6.54 Å². The van der Waals surface area contributed by atoms with Crippen molar-refractivity contribution >= 4 is 31.8 Å². The Morgan fingerprint density at radius 2 is 1.39 bits per heavy atom. The Morgan fingerprint density at radius 3 is 2.04 bits per heavy atom. The number of hydrogen-bond acceptors (Lipinski definition) is 3. The van der Waals surface area contributed by atoms with Crippen LogP contribution in [0.5, 0.6) is 0 Å². The van der Waals surface area contributed by atoms with Gasteiger partial charge in [-0.2, -0.15) is 4.31 Å². The molecule has 6 heteroatoms. The van der Waals surface area contributed by atoms with E-state index >= 15 is 0 Å². The summed E-state index contributed by atoms with van der Waals surface area (Å²) in [6.45, 7) is 0.705. The second-order valence-corrected chi connectivity index (χ2v) is 9.11. The number of hydrogen-bond donors (Lipinski definition) is 1. The van der Waals surface area contributed by atoms with Crippen LogP contribution in [-0.4, -0.2) is 35.0 Å². The molecular weight excluding hydrogens is 372 g/mol. The summed E-state index contributed by atoms with van der Waals surface area (Å²) in [5.74, 6) is 0. The lowest BCUT2D eigenvalue weighted by atomic mass is 10.2. The zero-order valence-corrected chi connectivity index (χ0v) is 16.0. The molecule has 0 amide bonds. The van der Waals surface area contributed by atoms with E-state index < -0.39 is 16.1 Å². The van der Waals surface area contributed by atoms with E-state index in [1.165, 1.54) is 4.31 Å². The van der Waals surface area contributed by atoms with Crippen molar-refractivity contribution in [2.45, 2.75) is 24.1 Å². The fourth-order valence-electron chi connectivity index (χ4n) is 4.17. The summed E-state index contributed by atoms with van der Waals surface area (Å²) in [5, 5.41) is 13.0. The molecule has 0 saturated carbocycles. The predicted octanol–water partition coefficient (Wildman–Crippen LogP) is 3.36. The molecule has 0 bridgehead atoms. The van der Waals surface area contributed by atoms with Gasteiger partial charge in [0.05, 0.1) is 17.5 Å². The highest BCUT2D eigenvalue weighted by atomic mass is 32.2. The van der Waals surface area contributed by atoms with Crippen molar-refractivity contribution in [1.82, 2.24) is 8.87 Å². The highest BCUT2D eigenvalue weighted by Crippen LogP contribution is 2.31. The van der Waals surface area contributed by atoms with E-state index in [4.69, 9.17) is 0 Å². The number of fused-ring (bicyclic) bond motifs is 4. The van der Waals surface area contributed by atoms with Gasteiger partial charge in [-0.25, -0.2) is 8.42 Å². The van der Waals surface area contributed by atoms with E-state index in [-0.39, 0.29) is 6.54 Å². The number of aliphatic hydroxyl groups is 1. The minimum atomic E-state index is -3.54. The summed E-state index contributed by atoms with van der Waals surface area (Å²) in [6.07, 6.45) is -0.816. The Morgan fingerprint density at radius 1 is 0.821 bits per heavy atom. The molecule has 1 aliphatic heterocycles. The molecule has 2 heterocycles. The number of aliphatic hydroxyl groups excluding tert-OH is 1. The first-order chi connectivity index (χ1) is 13.6. The third-order valence-corrected chi connectivity index (χ3v) is 7.34. The molecule has 0 aliphatic carbocycles. The number of β-amino-alcohol motifs (C(OH)–C–C–N with tert-alkyl or cyclic N) is 1. The monoisotopic (exact) mass is 392 g/mol. The quantitative estimate of drug-likeness (QED) is 0.579. The van der Waals surface area contributed by atoms with Crippen LogP contribution in [-0.2, 0) is 23.1 Å². The van der Waals surface area contributed by atoms with Gasteiger partial charge in [0.25, 0.3) is 0 Å². The van der Waals surface area contributed by atoms with Gasteiger partial charge in [0, 0.05) is 34.9 Å². The second kappa shape index (κ2) is 6.44. The van der Waals surface area contributed by atoms with Crippen LogP contribution in [0.25, 0.3) is 21.8 Å². The summed E-state index contributed by atoms with van der Waals surface area (Å²) in [5.41, 5.74) is 2.86. The average Bonchev–Trinajstić information content (AvgIpc) is 3.15. The van der Waals surface area contributed by atoms with Crippen LogP contribution in [0, 0.1) is 0 Å². The SMILES string of the molecule is O=S1(=O)c2ccccc2CN1CC(O)Cn1c2ccccc2c2ccccc21. The van der Waals surface area contributed by atoms with Gasteiger partial charge in [0.1, 0.15) is 0 Å². The number of rotatable bonds is 4. The van der Waals surface area contributed by atoms with Crippen LogP contribution in [0.4, 0.5) is 0 Å². The molecule has 0 fully saturated rings. The predicted molar refractivity (Wildman–Crippen MR) is 109 cm³/mol. The third kappa shape index (κ3) is 2.64. The summed E-state index contributed by atoms with van der Waals surface area (Å²) < 4.78 is 29.0. The minimum absolute atomic E-state index is 0.0673. The van der Waals surface area contributed by atoms with Crippen molar-refractivity contribution in [3.05, 3.63) is 78.4 Å². The van der Waals surface area contributed by atoms with Gasteiger partial charge in [0.15, 0.2) is 0 Å². The van der Waals surface area contributed by atoms with E-state index in [2.05, 4.69) is 16.7 Å². The van der Waals surface area contributed by atoms with Crippen molar-refractivity contribution in [3.8, 4) is 0 Å². The largest absolute Gasteiger partial charge is 0.390 e. The lowest BCUT2D eigenvalue weighted by Gasteiger charge is -2.20. The number of benzene rings is 3. The molecule has 28 heavy (non-hydrogen) atoms. The molecule has 4 aromatic rings. The molecule has 5 nitrogen and oxygen atoms in total. The van der Waals surface area contributed by atoms with Crippen molar-refractivity contribution in [1.29, 1.82) is 0 Å². The van der Waals surface area contributed by atoms with Crippen molar-refractivity contribution < 1.29 is 13.5 Å².